The van der Waals surface area contributed by atoms with Gasteiger partial charge in [0.25, 0.3) is 5.69 Å². The third-order valence-corrected chi connectivity index (χ3v) is 4.04. The highest BCUT2D eigenvalue weighted by Gasteiger charge is 2.26. The first-order chi connectivity index (χ1) is 10.8. The molecule has 3 rings (SSSR count). The smallest absolute Gasteiger partial charge is 0.292 e. The highest BCUT2D eigenvalue weighted by Crippen LogP contribution is 2.28. The molecule has 1 aromatic carbocycles. The molecule has 1 unspecified atom stereocenters. The van der Waals surface area contributed by atoms with E-state index < -0.39 is 0 Å². The SMILES string of the molecule is O=[N+]([O-])c1ccccc1NCC(c1ccco1)N1CCCC1. The zero-order valence-electron chi connectivity index (χ0n) is 12.3. The van der Waals surface area contributed by atoms with Crippen LogP contribution in [0, 0.1) is 10.1 Å². The molecule has 0 saturated carbocycles. The van der Waals surface area contributed by atoms with E-state index >= 15 is 0 Å². The van der Waals surface area contributed by atoms with E-state index in [-0.39, 0.29) is 16.7 Å². The molecule has 1 N–H and O–H groups in total. The van der Waals surface area contributed by atoms with E-state index in [0.29, 0.717) is 12.2 Å². The lowest BCUT2D eigenvalue weighted by Crippen LogP contribution is -2.30. The van der Waals surface area contributed by atoms with Gasteiger partial charge in [-0.3, -0.25) is 15.0 Å². The maximum Gasteiger partial charge on any atom is 0.292 e. The largest absolute Gasteiger partial charge is 0.468 e. The van der Waals surface area contributed by atoms with Crippen LogP contribution in [-0.4, -0.2) is 29.5 Å². The topological polar surface area (TPSA) is 71.5 Å². The van der Waals surface area contributed by atoms with Gasteiger partial charge in [0.15, 0.2) is 0 Å². The minimum absolute atomic E-state index is 0.0947. The maximum atomic E-state index is 11.1. The molecule has 0 bridgehead atoms. The van der Waals surface area contributed by atoms with Crippen molar-refractivity contribution in [2.45, 2.75) is 18.9 Å². The summed E-state index contributed by atoms with van der Waals surface area (Å²) < 4.78 is 5.56. The normalized spacial score (nSPS) is 16.5. The van der Waals surface area contributed by atoms with Gasteiger partial charge in [-0.1, -0.05) is 12.1 Å². The van der Waals surface area contributed by atoms with E-state index in [9.17, 15) is 10.1 Å². The quantitative estimate of drug-likeness (QED) is 0.653. The van der Waals surface area contributed by atoms with Crippen LogP contribution in [0.15, 0.2) is 47.1 Å². The molecular formula is C16H19N3O3. The predicted molar refractivity (Wildman–Crippen MR) is 83.8 cm³/mol. The number of hydrogen-bond acceptors (Lipinski definition) is 5. The molecule has 0 aliphatic carbocycles. The van der Waals surface area contributed by atoms with Crippen molar-refractivity contribution >= 4 is 11.4 Å². The number of nitrogens with zero attached hydrogens (tertiary/aromatic N) is 2. The van der Waals surface area contributed by atoms with E-state index in [1.165, 1.54) is 18.9 Å². The fraction of sp³-hybridized carbons (Fsp3) is 0.375. The molecule has 1 aromatic heterocycles. The van der Waals surface area contributed by atoms with Gasteiger partial charge in [-0.25, -0.2) is 0 Å². The van der Waals surface area contributed by atoms with Gasteiger partial charge in [0.1, 0.15) is 11.4 Å². The summed E-state index contributed by atoms with van der Waals surface area (Å²) >= 11 is 0. The van der Waals surface area contributed by atoms with E-state index in [4.69, 9.17) is 4.42 Å². The molecule has 1 atom stereocenters. The zero-order chi connectivity index (χ0) is 15.4. The van der Waals surface area contributed by atoms with Gasteiger partial charge in [-0.05, 0) is 44.1 Å². The second-order valence-corrected chi connectivity index (χ2v) is 5.43. The van der Waals surface area contributed by atoms with Crippen LogP contribution in [0.5, 0.6) is 0 Å². The highest BCUT2D eigenvalue weighted by atomic mass is 16.6. The average Bonchev–Trinajstić information content (AvgIpc) is 3.21. The fourth-order valence-electron chi connectivity index (χ4n) is 2.93. The van der Waals surface area contributed by atoms with Crippen molar-refractivity contribution in [2.24, 2.45) is 0 Å². The number of rotatable bonds is 6. The van der Waals surface area contributed by atoms with Crippen molar-refractivity contribution in [1.29, 1.82) is 0 Å². The maximum absolute atomic E-state index is 11.1. The molecule has 0 amide bonds. The van der Waals surface area contributed by atoms with Crippen molar-refractivity contribution in [1.82, 2.24) is 4.90 Å². The van der Waals surface area contributed by atoms with Gasteiger partial charge in [-0.2, -0.15) is 0 Å². The van der Waals surface area contributed by atoms with Crippen molar-refractivity contribution < 1.29 is 9.34 Å². The minimum atomic E-state index is -0.361. The van der Waals surface area contributed by atoms with Crippen molar-refractivity contribution in [3.63, 3.8) is 0 Å². The van der Waals surface area contributed by atoms with Crippen LogP contribution in [-0.2, 0) is 0 Å². The lowest BCUT2D eigenvalue weighted by atomic mass is 10.2. The third-order valence-electron chi connectivity index (χ3n) is 4.04. The Morgan fingerprint density at radius 1 is 1.23 bits per heavy atom. The van der Waals surface area contributed by atoms with Gasteiger partial charge < -0.3 is 9.73 Å². The van der Waals surface area contributed by atoms with Crippen LogP contribution in [0.4, 0.5) is 11.4 Å². The summed E-state index contributed by atoms with van der Waals surface area (Å²) in [7, 11) is 0. The molecule has 116 valence electrons. The van der Waals surface area contributed by atoms with Crippen LogP contribution in [0.1, 0.15) is 24.6 Å². The standard InChI is InChI=1S/C16H19N3O3/c20-19(21)14-7-2-1-6-13(14)17-12-15(16-8-5-11-22-16)18-9-3-4-10-18/h1-2,5-8,11,15,17H,3-4,9-10,12H2. The Morgan fingerprint density at radius 3 is 2.68 bits per heavy atom. The van der Waals surface area contributed by atoms with E-state index in [0.717, 1.165) is 18.8 Å². The van der Waals surface area contributed by atoms with Crippen LogP contribution < -0.4 is 5.32 Å². The number of para-hydroxylation sites is 2. The van der Waals surface area contributed by atoms with Gasteiger partial charge in [0, 0.05) is 12.6 Å². The molecule has 1 aliphatic heterocycles. The molecule has 22 heavy (non-hydrogen) atoms. The number of hydrogen-bond donors (Lipinski definition) is 1. The monoisotopic (exact) mass is 301 g/mol. The summed E-state index contributed by atoms with van der Waals surface area (Å²) in [5.41, 5.74) is 0.644. The Hall–Kier alpha value is -2.34. The second-order valence-electron chi connectivity index (χ2n) is 5.43. The molecule has 1 saturated heterocycles. The van der Waals surface area contributed by atoms with Crippen molar-refractivity contribution in [3.05, 3.63) is 58.5 Å². The summed E-state index contributed by atoms with van der Waals surface area (Å²) in [4.78, 5) is 13.1. The molecule has 2 heterocycles. The number of anilines is 1. The Bertz CT molecular complexity index is 621. The molecule has 0 spiro atoms. The lowest BCUT2D eigenvalue weighted by Gasteiger charge is -2.26. The molecule has 1 fully saturated rings. The number of nitrogens with one attached hydrogen (secondary N) is 1. The van der Waals surface area contributed by atoms with E-state index in [1.807, 2.05) is 12.1 Å². The summed E-state index contributed by atoms with van der Waals surface area (Å²) in [6.45, 7) is 2.65. The molecule has 6 heteroatoms. The van der Waals surface area contributed by atoms with E-state index in [2.05, 4.69) is 10.2 Å². The molecule has 6 nitrogen and oxygen atoms in total. The molecule has 0 radical (unpaired) electrons. The number of likely N-dealkylation sites (tertiary alicyclic amines) is 1. The highest BCUT2D eigenvalue weighted by molar-refractivity contribution is 5.61. The average molecular weight is 301 g/mol. The zero-order valence-corrected chi connectivity index (χ0v) is 12.3. The van der Waals surface area contributed by atoms with Crippen LogP contribution in [0.2, 0.25) is 0 Å². The first-order valence-corrected chi connectivity index (χ1v) is 7.50. The Labute approximate surface area is 128 Å². The molecular weight excluding hydrogens is 282 g/mol. The molecule has 1 aliphatic rings. The summed E-state index contributed by atoms with van der Waals surface area (Å²) in [6.07, 6.45) is 4.04. The summed E-state index contributed by atoms with van der Waals surface area (Å²) in [5, 5.41) is 14.3. The second kappa shape index (κ2) is 6.62. The summed E-state index contributed by atoms with van der Waals surface area (Å²) in [5.74, 6) is 0.896. The number of nitro benzene ring substituents is 1. The first-order valence-electron chi connectivity index (χ1n) is 7.50. The van der Waals surface area contributed by atoms with Gasteiger partial charge in [-0.15, -0.1) is 0 Å². The number of nitro groups is 1. The van der Waals surface area contributed by atoms with Gasteiger partial charge in [0.05, 0.1) is 17.2 Å². The Morgan fingerprint density at radius 2 is 2.00 bits per heavy atom. The Kier molecular flexibility index (Phi) is 4.39. The van der Waals surface area contributed by atoms with Crippen LogP contribution in [0.25, 0.3) is 0 Å². The molecule has 2 aromatic rings. The van der Waals surface area contributed by atoms with Crippen LogP contribution in [0.3, 0.4) is 0 Å². The third kappa shape index (κ3) is 3.12. The summed E-state index contributed by atoms with van der Waals surface area (Å²) in [6, 6.07) is 10.7. The van der Waals surface area contributed by atoms with E-state index in [1.54, 1.807) is 24.5 Å². The van der Waals surface area contributed by atoms with Gasteiger partial charge in [0.2, 0.25) is 0 Å². The minimum Gasteiger partial charge on any atom is -0.468 e. The van der Waals surface area contributed by atoms with Crippen LogP contribution >= 0.6 is 0 Å². The van der Waals surface area contributed by atoms with Gasteiger partial charge >= 0.3 is 0 Å². The first kappa shape index (κ1) is 14.6. The number of furan rings is 1. The number of benzene rings is 1. The van der Waals surface area contributed by atoms with Crippen molar-refractivity contribution in [3.8, 4) is 0 Å². The van der Waals surface area contributed by atoms with Crippen molar-refractivity contribution in [2.75, 3.05) is 25.0 Å². The fourth-order valence-corrected chi connectivity index (χ4v) is 2.93. The Balaban J connectivity index is 1.76. The lowest BCUT2D eigenvalue weighted by molar-refractivity contribution is -0.384. The predicted octanol–water partition coefficient (Wildman–Crippen LogP) is 3.44.